The summed E-state index contributed by atoms with van der Waals surface area (Å²) in [5.41, 5.74) is 2.74. The normalized spacial score (nSPS) is 18.8. The zero-order valence-corrected chi connectivity index (χ0v) is 11.4. The Morgan fingerprint density at radius 2 is 2.00 bits per heavy atom. The molecule has 0 saturated carbocycles. The predicted octanol–water partition coefficient (Wildman–Crippen LogP) is 2.83. The summed E-state index contributed by atoms with van der Waals surface area (Å²) in [6, 6.07) is 0. The molecular weight excluding hydrogens is 210 g/mol. The Kier molecular flexibility index (Phi) is 4.21. The van der Waals surface area contributed by atoms with Crippen LogP contribution in [-0.2, 0) is 13.1 Å². The standard InChI is InChI=1S/C14H25N3/c1-4-13-6-8-16(9-7-13)11-14-10-15-17(5-2)12(14)3/h10,13H,4-9,11H2,1-3H3. The van der Waals surface area contributed by atoms with Crippen LogP contribution in [0.4, 0.5) is 0 Å². The maximum atomic E-state index is 4.42. The van der Waals surface area contributed by atoms with Crippen molar-refractivity contribution < 1.29 is 0 Å². The van der Waals surface area contributed by atoms with Gasteiger partial charge >= 0.3 is 0 Å². The minimum Gasteiger partial charge on any atom is -0.299 e. The van der Waals surface area contributed by atoms with Crippen molar-refractivity contribution in [1.82, 2.24) is 14.7 Å². The van der Waals surface area contributed by atoms with Gasteiger partial charge in [0.05, 0.1) is 6.20 Å². The molecule has 1 saturated heterocycles. The zero-order valence-electron chi connectivity index (χ0n) is 11.4. The van der Waals surface area contributed by atoms with Crippen LogP contribution in [0.5, 0.6) is 0 Å². The summed E-state index contributed by atoms with van der Waals surface area (Å²) in [4.78, 5) is 2.58. The average molecular weight is 235 g/mol. The van der Waals surface area contributed by atoms with Crippen LogP contribution in [0, 0.1) is 12.8 Å². The Balaban J connectivity index is 1.91. The van der Waals surface area contributed by atoms with Crippen molar-refractivity contribution in [2.24, 2.45) is 5.92 Å². The number of aromatic nitrogens is 2. The van der Waals surface area contributed by atoms with Gasteiger partial charge in [-0.15, -0.1) is 0 Å². The molecule has 1 fully saturated rings. The lowest BCUT2D eigenvalue weighted by molar-refractivity contribution is 0.174. The molecule has 0 aromatic carbocycles. The first-order chi connectivity index (χ1) is 8.24. The third-order valence-electron chi connectivity index (χ3n) is 4.18. The van der Waals surface area contributed by atoms with E-state index in [1.54, 1.807) is 0 Å². The van der Waals surface area contributed by atoms with Crippen LogP contribution in [0.15, 0.2) is 6.20 Å². The van der Waals surface area contributed by atoms with E-state index in [0.29, 0.717) is 0 Å². The number of piperidine rings is 1. The number of rotatable bonds is 4. The van der Waals surface area contributed by atoms with E-state index in [1.165, 1.54) is 43.6 Å². The molecule has 96 valence electrons. The third-order valence-corrected chi connectivity index (χ3v) is 4.18. The van der Waals surface area contributed by atoms with Gasteiger partial charge in [-0.1, -0.05) is 13.3 Å². The Labute approximate surface area is 105 Å². The highest BCUT2D eigenvalue weighted by Crippen LogP contribution is 2.21. The first kappa shape index (κ1) is 12.6. The van der Waals surface area contributed by atoms with Crippen molar-refractivity contribution in [3.8, 4) is 0 Å². The quantitative estimate of drug-likeness (QED) is 0.800. The van der Waals surface area contributed by atoms with E-state index >= 15 is 0 Å². The van der Waals surface area contributed by atoms with Crippen molar-refractivity contribution >= 4 is 0 Å². The average Bonchev–Trinajstić information content (AvgIpc) is 2.71. The molecule has 0 N–H and O–H groups in total. The van der Waals surface area contributed by atoms with Gasteiger partial charge < -0.3 is 0 Å². The van der Waals surface area contributed by atoms with Gasteiger partial charge in [0.1, 0.15) is 0 Å². The highest BCUT2D eigenvalue weighted by Gasteiger charge is 2.18. The van der Waals surface area contributed by atoms with Crippen molar-refractivity contribution in [3.05, 3.63) is 17.5 Å². The maximum Gasteiger partial charge on any atom is 0.0537 e. The minimum absolute atomic E-state index is 0.964. The number of hydrogen-bond donors (Lipinski definition) is 0. The van der Waals surface area contributed by atoms with E-state index < -0.39 is 0 Å². The molecular formula is C14H25N3. The Bertz CT molecular complexity index is 348. The predicted molar refractivity (Wildman–Crippen MR) is 70.9 cm³/mol. The van der Waals surface area contributed by atoms with E-state index in [1.807, 2.05) is 6.20 Å². The smallest absolute Gasteiger partial charge is 0.0537 e. The van der Waals surface area contributed by atoms with E-state index in [2.05, 4.69) is 35.5 Å². The summed E-state index contributed by atoms with van der Waals surface area (Å²) in [6.45, 7) is 11.2. The summed E-state index contributed by atoms with van der Waals surface area (Å²) in [5.74, 6) is 0.964. The van der Waals surface area contributed by atoms with E-state index in [4.69, 9.17) is 0 Å². The molecule has 3 heteroatoms. The fourth-order valence-electron chi connectivity index (χ4n) is 2.75. The van der Waals surface area contributed by atoms with Crippen LogP contribution in [0.25, 0.3) is 0 Å². The molecule has 2 heterocycles. The van der Waals surface area contributed by atoms with Gasteiger partial charge in [0.2, 0.25) is 0 Å². The van der Waals surface area contributed by atoms with Crippen LogP contribution >= 0.6 is 0 Å². The zero-order chi connectivity index (χ0) is 12.3. The molecule has 0 bridgehead atoms. The Hall–Kier alpha value is -0.830. The molecule has 1 aliphatic heterocycles. The van der Waals surface area contributed by atoms with Gasteiger partial charge in [-0.05, 0) is 45.7 Å². The molecule has 17 heavy (non-hydrogen) atoms. The molecule has 2 rings (SSSR count). The maximum absolute atomic E-state index is 4.42. The topological polar surface area (TPSA) is 21.1 Å². The van der Waals surface area contributed by atoms with Crippen LogP contribution in [0.1, 0.15) is 44.4 Å². The van der Waals surface area contributed by atoms with Crippen molar-refractivity contribution in [3.63, 3.8) is 0 Å². The lowest BCUT2D eigenvalue weighted by atomic mass is 9.94. The molecule has 1 aromatic rings. The van der Waals surface area contributed by atoms with Gasteiger partial charge in [0, 0.05) is 24.3 Å². The first-order valence-corrected chi connectivity index (χ1v) is 6.98. The van der Waals surface area contributed by atoms with E-state index in [-0.39, 0.29) is 0 Å². The second-order valence-electron chi connectivity index (χ2n) is 5.20. The monoisotopic (exact) mass is 235 g/mol. The molecule has 3 nitrogen and oxygen atoms in total. The molecule has 0 amide bonds. The number of likely N-dealkylation sites (tertiary alicyclic amines) is 1. The fourth-order valence-corrected chi connectivity index (χ4v) is 2.75. The van der Waals surface area contributed by atoms with Gasteiger partial charge in [-0.2, -0.15) is 5.10 Å². The molecule has 0 unspecified atom stereocenters. The summed E-state index contributed by atoms with van der Waals surface area (Å²) in [5, 5.41) is 4.42. The summed E-state index contributed by atoms with van der Waals surface area (Å²) < 4.78 is 2.09. The molecule has 0 spiro atoms. The molecule has 0 radical (unpaired) electrons. The molecule has 0 aliphatic carbocycles. The van der Waals surface area contributed by atoms with Crippen LogP contribution in [0.2, 0.25) is 0 Å². The van der Waals surface area contributed by atoms with Gasteiger partial charge in [-0.25, -0.2) is 0 Å². The number of nitrogens with zero attached hydrogens (tertiary/aromatic N) is 3. The van der Waals surface area contributed by atoms with Crippen LogP contribution in [-0.4, -0.2) is 27.8 Å². The van der Waals surface area contributed by atoms with Crippen molar-refractivity contribution in [2.45, 2.75) is 53.1 Å². The summed E-state index contributed by atoms with van der Waals surface area (Å²) >= 11 is 0. The van der Waals surface area contributed by atoms with E-state index in [9.17, 15) is 0 Å². The Morgan fingerprint density at radius 3 is 2.53 bits per heavy atom. The lowest BCUT2D eigenvalue weighted by Gasteiger charge is -2.31. The Morgan fingerprint density at radius 1 is 1.29 bits per heavy atom. The van der Waals surface area contributed by atoms with Crippen LogP contribution < -0.4 is 0 Å². The van der Waals surface area contributed by atoms with Crippen LogP contribution in [0.3, 0.4) is 0 Å². The third kappa shape index (κ3) is 2.89. The number of aryl methyl sites for hydroxylation is 1. The van der Waals surface area contributed by atoms with Gasteiger partial charge in [0.25, 0.3) is 0 Å². The SMILES string of the molecule is CCC1CCN(Cc2cnn(CC)c2C)CC1. The summed E-state index contributed by atoms with van der Waals surface area (Å²) in [7, 11) is 0. The molecule has 0 atom stereocenters. The van der Waals surface area contributed by atoms with Crippen molar-refractivity contribution in [2.75, 3.05) is 13.1 Å². The highest BCUT2D eigenvalue weighted by atomic mass is 15.3. The van der Waals surface area contributed by atoms with E-state index in [0.717, 1.165) is 19.0 Å². The van der Waals surface area contributed by atoms with Gasteiger partial charge in [0.15, 0.2) is 0 Å². The number of hydrogen-bond acceptors (Lipinski definition) is 2. The summed E-state index contributed by atoms with van der Waals surface area (Å²) in [6.07, 6.45) is 6.14. The minimum atomic E-state index is 0.964. The fraction of sp³-hybridized carbons (Fsp3) is 0.786. The van der Waals surface area contributed by atoms with Crippen molar-refractivity contribution in [1.29, 1.82) is 0 Å². The lowest BCUT2D eigenvalue weighted by Crippen LogP contribution is -2.33. The van der Waals surface area contributed by atoms with Gasteiger partial charge in [-0.3, -0.25) is 9.58 Å². The molecule has 1 aromatic heterocycles. The second-order valence-corrected chi connectivity index (χ2v) is 5.20. The second kappa shape index (κ2) is 5.67. The first-order valence-electron chi connectivity index (χ1n) is 6.98. The highest BCUT2D eigenvalue weighted by molar-refractivity contribution is 5.15. The molecule has 1 aliphatic rings. The largest absolute Gasteiger partial charge is 0.299 e.